The average Bonchev–Trinajstić information content (AvgIpc) is 2.27. The van der Waals surface area contributed by atoms with Gasteiger partial charge in [0, 0.05) is 5.02 Å². The second-order valence-electron chi connectivity index (χ2n) is 3.79. The van der Waals surface area contributed by atoms with Crippen molar-refractivity contribution in [3.8, 4) is 5.75 Å². The second-order valence-corrected chi connectivity index (χ2v) is 4.23. The number of carboxylic acids is 2. The first kappa shape index (κ1) is 14.3. The topological polar surface area (TPSA) is 83.8 Å². The molecule has 1 unspecified atom stereocenters. The third-order valence-corrected chi connectivity index (χ3v) is 2.71. The summed E-state index contributed by atoms with van der Waals surface area (Å²) in [5.74, 6) is -2.81. The van der Waals surface area contributed by atoms with Crippen molar-refractivity contribution >= 4 is 23.5 Å². The van der Waals surface area contributed by atoms with Crippen LogP contribution in [0.1, 0.15) is 12.0 Å². The molecule has 0 aromatic heterocycles. The number of halogens is 1. The Morgan fingerprint density at radius 1 is 1.39 bits per heavy atom. The van der Waals surface area contributed by atoms with Crippen LogP contribution in [0.3, 0.4) is 0 Å². The van der Waals surface area contributed by atoms with Crippen molar-refractivity contribution in [1.82, 2.24) is 0 Å². The van der Waals surface area contributed by atoms with Crippen molar-refractivity contribution in [1.29, 1.82) is 0 Å². The molecule has 0 saturated carbocycles. The summed E-state index contributed by atoms with van der Waals surface area (Å²) in [5.41, 5.74) is 0.582. The van der Waals surface area contributed by atoms with E-state index in [0.29, 0.717) is 16.3 Å². The molecule has 98 valence electrons. The molecule has 2 N–H and O–H groups in total. The van der Waals surface area contributed by atoms with Gasteiger partial charge in [-0.3, -0.25) is 9.59 Å². The van der Waals surface area contributed by atoms with E-state index in [4.69, 9.17) is 26.6 Å². The molecule has 1 aromatic rings. The molecule has 1 aromatic carbocycles. The quantitative estimate of drug-likeness (QED) is 0.828. The molecule has 0 saturated heterocycles. The fraction of sp³-hybridized carbons (Fsp3) is 0.333. The molecule has 18 heavy (non-hydrogen) atoms. The minimum absolute atomic E-state index is 0.0609. The van der Waals surface area contributed by atoms with Gasteiger partial charge < -0.3 is 14.9 Å². The van der Waals surface area contributed by atoms with Crippen molar-refractivity contribution in [2.75, 3.05) is 7.11 Å². The summed E-state index contributed by atoms with van der Waals surface area (Å²) in [7, 11) is 1.46. The lowest BCUT2D eigenvalue weighted by molar-refractivity contribution is -0.148. The normalized spacial score (nSPS) is 11.9. The number of carbonyl (C=O) groups is 2. The lowest BCUT2D eigenvalue weighted by Crippen LogP contribution is -2.20. The zero-order valence-electron chi connectivity index (χ0n) is 9.72. The smallest absolute Gasteiger partial charge is 0.307 e. The van der Waals surface area contributed by atoms with Crippen molar-refractivity contribution in [3.05, 3.63) is 28.8 Å². The molecular formula is C12H13ClO5. The SMILES string of the molecule is COc1ccc(Cl)cc1CC(CC(=O)O)C(=O)O. The van der Waals surface area contributed by atoms with Crippen LogP contribution in [0.25, 0.3) is 0 Å². The lowest BCUT2D eigenvalue weighted by Gasteiger charge is -2.13. The van der Waals surface area contributed by atoms with Crippen LogP contribution in [-0.4, -0.2) is 29.3 Å². The van der Waals surface area contributed by atoms with Crippen LogP contribution >= 0.6 is 11.6 Å². The van der Waals surface area contributed by atoms with Crippen LogP contribution in [0.5, 0.6) is 5.75 Å². The van der Waals surface area contributed by atoms with E-state index in [0.717, 1.165) is 0 Å². The first-order chi connectivity index (χ1) is 8.43. The molecule has 1 rings (SSSR count). The maximum atomic E-state index is 11.0. The second kappa shape index (κ2) is 6.26. The Bertz CT molecular complexity index is 458. The van der Waals surface area contributed by atoms with Gasteiger partial charge in [-0.2, -0.15) is 0 Å². The minimum atomic E-state index is -1.15. The van der Waals surface area contributed by atoms with Crippen LogP contribution in [0.2, 0.25) is 5.02 Å². The fourth-order valence-electron chi connectivity index (χ4n) is 1.63. The summed E-state index contributed by atoms with van der Waals surface area (Å²) < 4.78 is 5.09. The Morgan fingerprint density at radius 3 is 2.56 bits per heavy atom. The Labute approximate surface area is 109 Å². The van der Waals surface area contributed by atoms with E-state index in [2.05, 4.69) is 0 Å². The zero-order valence-corrected chi connectivity index (χ0v) is 10.5. The van der Waals surface area contributed by atoms with E-state index in [1.165, 1.54) is 7.11 Å². The van der Waals surface area contributed by atoms with Crippen molar-refractivity contribution in [3.63, 3.8) is 0 Å². The minimum Gasteiger partial charge on any atom is -0.496 e. The predicted molar refractivity (Wildman–Crippen MR) is 65.1 cm³/mol. The van der Waals surface area contributed by atoms with Gasteiger partial charge in [-0.15, -0.1) is 0 Å². The Balaban J connectivity index is 2.95. The molecule has 6 heteroatoms. The molecule has 0 bridgehead atoms. The highest BCUT2D eigenvalue weighted by molar-refractivity contribution is 6.30. The van der Waals surface area contributed by atoms with Gasteiger partial charge in [-0.25, -0.2) is 0 Å². The summed E-state index contributed by atoms with van der Waals surface area (Å²) >= 11 is 5.82. The summed E-state index contributed by atoms with van der Waals surface area (Å²) in [6, 6.07) is 4.83. The molecule has 0 aliphatic rings. The first-order valence-electron chi connectivity index (χ1n) is 5.21. The van der Waals surface area contributed by atoms with Gasteiger partial charge in [0.25, 0.3) is 0 Å². The molecule has 0 aliphatic carbocycles. The molecule has 0 aliphatic heterocycles. The number of carboxylic acid groups (broad SMARTS) is 2. The molecule has 0 heterocycles. The van der Waals surface area contributed by atoms with E-state index in [1.807, 2.05) is 0 Å². The van der Waals surface area contributed by atoms with E-state index in [9.17, 15) is 9.59 Å². The molecular weight excluding hydrogens is 260 g/mol. The summed E-state index contributed by atoms with van der Waals surface area (Å²) in [5, 5.41) is 18.1. The third kappa shape index (κ3) is 3.92. The fourth-order valence-corrected chi connectivity index (χ4v) is 1.82. The summed E-state index contributed by atoms with van der Waals surface area (Å²) in [4.78, 5) is 21.6. The van der Waals surface area contributed by atoms with E-state index < -0.39 is 24.3 Å². The van der Waals surface area contributed by atoms with Crippen molar-refractivity contribution in [2.24, 2.45) is 5.92 Å². The largest absolute Gasteiger partial charge is 0.496 e. The van der Waals surface area contributed by atoms with Gasteiger partial charge in [-0.1, -0.05) is 11.6 Å². The molecule has 0 spiro atoms. The monoisotopic (exact) mass is 272 g/mol. The summed E-state index contributed by atoms with van der Waals surface area (Å²) in [6.07, 6.45) is -0.379. The Hall–Kier alpha value is -1.75. The van der Waals surface area contributed by atoms with Crippen LogP contribution < -0.4 is 4.74 Å². The molecule has 0 fully saturated rings. The predicted octanol–water partition coefficient (Wildman–Crippen LogP) is 2.07. The summed E-state index contributed by atoms with van der Waals surface area (Å²) in [6.45, 7) is 0. The first-order valence-corrected chi connectivity index (χ1v) is 5.59. The number of hydrogen-bond acceptors (Lipinski definition) is 3. The lowest BCUT2D eigenvalue weighted by atomic mass is 9.96. The number of ether oxygens (including phenoxy) is 1. The van der Waals surface area contributed by atoms with Gasteiger partial charge in [0.2, 0.25) is 0 Å². The van der Waals surface area contributed by atoms with Crippen molar-refractivity contribution < 1.29 is 24.5 Å². The van der Waals surface area contributed by atoms with Gasteiger partial charge >= 0.3 is 11.9 Å². The van der Waals surface area contributed by atoms with Crippen LogP contribution in [0, 0.1) is 5.92 Å². The highest BCUT2D eigenvalue weighted by atomic mass is 35.5. The van der Waals surface area contributed by atoms with Gasteiger partial charge in [-0.05, 0) is 30.2 Å². The highest BCUT2D eigenvalue weighted by Crippen LogP contribution is 2.26. The van der Waals surface area contributed by atoms with E-state index in [1.54, 1.807) is 18.2 Å². The van der Waals surface area contributed by atoms with Crippen LogP contribution in [-0.2, 0) is 16.0 Å². The van der Waals surface area contributed by atoms with Gasteiger partial charge in [0.15, 0.2) is 0 Å². The number of methoxy groups -OCH3 is 1. The number of rotatable bonds is 6. The number of hydrogen-bond donors (Lipinski definition) is 2. The molecule has 0 radical (unpaired) electrons. The van der Waals surface area contributed by atoms with Crippen LogP contribution in [0.4, 0.5) is 0 Å². The maximum Gasteiger partial charge on any atom is 0.307 e. The van der Waals surface area contributed by atoms with Gasteiger partial charge in [0.1, 0.15) is 5.75 Å². The Kier molecular flexibility index (Phi) is 4.97. The van der Waals surface area contributed by atoms with Crippen LogP contribution in [0.15, 0.2) is 18.2 Å². The third-order valence-electron chi connectivity index (χ3n) is 2.48. The zero-order chi connectivity index (χ0) is 13.7. The number of benzene rings is 1. The van der Waals surface area contributed by atoms with Gasteiger partial charge in [0.05, 0.1) is 19.4 Å². The molecule has 5 nitrogen and oxygen atoms in total. The van der Waals surface area contributed by atoms with E-state index >= 15 is 0 Å². The molecule has 1 atom stereocenters. The molecule has 0 amide bonds. The van der Waals surface area contributed by atoms with E-state index in [-0.39, 0.29) is 6.42 Å². The maximum absolute atomic E-state index is 11.0. The standard InChI is InChI=1S/C12H13ClO5/c1-18-10-3-2-9(13)5-7(10)4-8(12(16)17)6-11(14)15/h2-3,5,8H,4,6H2,1H3,(H,14,15)(H,16,17). The highest BCUT2D eigenvalue weighted by Gasteiger charge is 2.23. The average molecular weight is 273 g/mol. The van der Waals surface area contributed by atoms with Crippen molar-refractivity contribution in [2.45, 2.75) is 12.8 Å². The Morgan fingerprint density at radius 2 is 2.06 bits per heavy atom. The number of aliphatic carboxylic acids is 2.